The zero-order valence-corrected chi connectivity index (χ0v) is 16.2. The number of carbonyl (C=O) groups is 1. The highest BCUT2D eigenvalue weighted by Crippen LogP contribution is 2.38. The van der Waals surface area contributed by atoms with Crippen LogP contribution in [0.2, 0.25) is 5.02 Å². The molecular formula is C22H17ClN4O2. The van der Waals surface area contributed by atoms with Crippen LogP contribution in [0, 0.1) is 0 Å². The van der Waals surface area contributed by atoms with Gasteiger partial charge in [-0.3, -0.25) is 4.79 Å². The summed E-state index contributed by atoms with van der Waals surface area (Å²) in [7, 11) is 0. The minimum Gasteiger partial charge on any atom is -0.343 e. The lowest BCUT2D eigenvalue weighted by atomic mass is 10.0. The van der Waals surface area contributed by atoms with Crippen molar-refractivity contribution in [1.82, 2.24) is 20.4 Å². The predicted octanol–water partition coefficient (Wildman–Crippen LogP) is 4.75. The van der Waals surface area contributed by atoms with E-state index >= 15 is 0 Å². The number of nitrogens with zero attached hydrogens (tertiary/aromatic N) is 3. The van der Waals surface area contributed by atoms with Crippen molar-refractivity contribution in [3.8, 4) is 11.3 Å². The lowest BCUT2D eigenvalue weighted by Gasteiger charge is -2.10. The zero-order valence-electron chi connectivity index (χ0n) is 15.4. The fourth-order valence-electron chi connectivity index (χ4n) is 3.23. The Balaban J connectivity index is 1.45. The van der Waals surface area contributed by atoms with E-state index in [1.807, 2.05) is 36.4 Å². The Morgan fingerprint density at radius 2 is 1.90 bits per heavy atom. The number of amides is 1. The molecule has 2 aromatic carbocycles. The molecule has 1 amide bonds. The lowest BCUT2D eigenvalue weighted by Crippen LogP contribution is -2.23. The molecule has 1 aliphatic carbocycles. The van der Waals surface area contributed by atoms with Gasteiger partial charge in [0.2, 0.25) is 5.89 Å². The van der Waals surface area contributed by atoms with Crippen molar-refractivity contribution >= 4 is 28.4 Å². The first-order chi connectivity index (χ1) is 14.2. The number of carbonyl (C=O) groups excluding carboxylic acids is 1. The zero-order chi connectivity index (χ0) is 19.8. The summed E-state index contributed by atoms with van der Waals surface area (Å²) in [6.07, 6.45) is 2.20. The van der Waals surface area contributed by atoms with Crippen LogP contribution in [0.4, 0.5) is 0 Å². The van der Waals surface area contributed by atoms with E-state index in [4.69, 9.17) is 21.1 Å². The Bertz CT molecular complexity index is 1200. The topological polar surface area (TPSA) is 80.9 Å². The monoisotopic (exact) mass is 404 g/mol. The molecule has 0 saturated heterocycles. The number of benzene rings is 2. The fourth-order valence-corrected chi connectivity index (χ4v) is 3.36. The predicted molar refractivity (Wildman–Crippen MR) is 110 cm³/mol. The highest BCUT2D eigenvalue weighted by atomic mass is 35.5. The fraction of sp³-hybridized carbons (Fsp3) is 0.182. The Labute approximate surface area is 171 Å². The van der Waals surface area contributed by atoms with E-state index in [9.17, 15) is 4.79 Å². The van der Waals surface area contributed by atoms with Crippen LogP contribution in [0.5, 0.6) is 0 Å². The summed E-state index contributed by atoms with van der Waals surface area (Å²) in [5.41, 5.74) is 2.89. The second-order valence-electron chi connectivity index (χ2n) is 7.08. The van der Waals surface area contributed by atoms with Crippen LogP contribution in [0.15, 0.2) is 59.1 Å². The molecule has 0 spiro atoms. The number of halogens is 1. The molecule has 0 radical (unpaired) electrons. The smallest absolute Gasteiger partial charge is 0.252 e. The van der Waals surface area contributed by atoms with E-state index < -0.39 is 0 Å². The SMILES string of the molecule is O=C(NCc1nc(C2CC2)no1)c1cc(-c2ccc(Cl)cc2)nc2ccccc12. The number of hydrogen-bond acceptors (Lipinski definition) is 5. The van der Waals surface area contributed by atoms with Crippen molar-refractivity contribution in [2.45, 2.75) is 25.3 Å². The van der Waals surface area contributed by atoms with E-state index in [0.29, 0.717) is 28.1 Å². The third-order valence-electron chi connectivity index (χ3n) is 4.93. The van der Waals surface area contributed by atoms with Crippen molar-refractivity contribution in [1.29, 1.82) is 0 Å². The molecule has 0 unspecified atom stereocenters. The maximum atomic E-state index is 13.0. The average Bonchev–Trinajstić information content (AvgIpc) is 3.49. The van der Waals surface area contributed by atoms with Crippen LogP contribution < -0.4 is 5.32 Å². The second kappa shape index (κ2) is 7.29. The van der Waals surface area contributed by atoms with Crippen LogP contribution >= 0.6 is 11.6 Å². The summed E-state index contributed by atoms with van der Waals surface area (Å²) in [6, 6.07) is 16.8. The molecule has 5 rings (SSSR count). The van der Waals surface area contributed by atoms with Gasteiger partial charge in [0.05, 0.1) is 23.3 Å². The normalized spacial score (nSPS) is 13.6. The van der Waals surface area contributed by atoms with Gasteiger partial charge in [-0.2, -0.15) is 4.98 Å². The Kier molecular flexibility index (Phi) is 4.48. The van der Waals surface area contributed by atoms with Gasteiger partial charge < -0.3 is 9.84 Å². The maximum Gasteiger partial charge on any atom is 0.252 e. The van der Waals surface area contributed by atoms with E-state index in [1.54, 1.807) is 18.2 Å². The number of nitrogens with one attached hydrogen (secondary N) is 1. The van der Waals surface area contributed by atoms with Gasteiger partial charge in [-0.05, 0) is 37.1 Å². The molecule has 0 bridgehead atoms. The molecule has 6 nitrogen and oxygen atoms in total. The highest BCUT2D eigenvalue weighted by molar-refractivity contribution is 6.30. The van der Waals surface area contributed by atoms with E-state index in [-0.39, 0.29) is 12.5 Å². The molecule has 0 atom stereocenters. The van der Waals surface area contributed by atoms with Crippen LogP contribution in [0.3, 0.4) is 0 Å². The van der Waals surface area contributed by atoms with Crippen molar-refractivity contribution in [3.05, 3.63) is 76.9 Å². The molecular weight excluding hydrogens is 388 g/mol. The summed E-state index contributed by atoms with van der Waals surface area (Å²) in [6.45, 7) is 0.186. The number of fused-ring (bicyclic) bond motifs is 1. The van der Waals surface area contributed by atoms with Crippen LogP contribution in [-0.4, -0.2) is 21.0 Å². The second-order valence-corrected chi connectivity index (χ2v) is 7.52. The Morgan fingerprint density at radius 3 is 2.69 bits per heavy atom. The van der Waals surface area contributed by atoms with Gasteiger partial charge in [0, 0.05) is 21.9 Å². The third-order valence-corrected chi connectivity index (χ3v) is 5.18. The molecule has 1 aliphatic rings. The first-order valence-corrected chi connectivity index (χ1v) is 9.81. The number of para-hydroxylation sites is 1. The van der Waals surface area contributed by atoms with E-state index in [1.165, 1.54) is 0 Å². The molecule has 144 valence electrons. The average molecular weight is 405 g/mol. The third kappa shape index (κ3) is 3.71. The lowest BCUT2D eigenvalue weighted by molar-refractivity contribution is 0.0948. The largest absolute Gasteiger partial charge is 0.343 e. The molecule has 1 N–H and O–H groups in total. The van der Waals surface area contributed by atoms with Gasteiger partial charge in [0.25, 0.3) is 5.91 Å². The number of rotatable bonds is 5. The van der Waals surface area contributed by atoms with E-state index in [0.717, 1.165) is 35.1 Å². The van der Waals surface area contributed by atoms with Gasteiger partial charge in [0.15, 0.2) is 5.82 Å². The minimum atomic E-state index is -0.218. The molecule has 0 aliphatic heterocycles. The van der Waals surface area contributed by atoms with Crippen molar-refractivity contribution < 1.29 is 9.32 Å². The van der Waals surface area contributed by atoms with Crippen LogP contribution in [0.1, 0.15) is 40.8 Å². The molecule has 29 heavy (non-hydrogen) atoms. The molecule has 1 saturated carbocycles. The first kappa shape index (κ1) is 17.8. The number of pyridine rings is 1. The number of aromatic nitrogens is 3. The minimum absolute atomic E-state index is 0.186. The number of hydrogen-bond donors (Lipinski definition) is 1. The summed E-state index contributed by atoms with van der Waals surface area (Å²) < 4.78 is 5.24. The van der Waals surface area contributed by atoms with Gasteiger partial charge in [-0.1, -0.05) is 47.1 Å². The summed E-state index contributed by atoms with van der Waals surface area (Å²) >= 11 is 6.00. The Hall–Kier alpha value is -3.25. The van der Waals surface area contributed by atoms with Crippen LogP contribution in [0.25, 0.3) is 22.2 Å². The van der Waals surface area contributed by atoms with Crippen LogP contribution in [-0.2, 0) is 6.54 Å². The van der Waals surface area contributed by atoms with Crippen molar-refractivity contribution in [2.75, 3.05) is 0 Å². The molecule has 4 aromatic rings. The molecule has 2 aromatic heterocycles. The van der Waals surface area contributed by atoms with Gasteiger partial charge in [-0.25, -0.2) is 4.98 Å². The highest BCUT2D eigenvalue weighted by Gasteiger charge is 2.28. The van der Waals surface area contributed by atoms with Crippen molar-refractivity contribution in [3.63, 3.8) is 0 Å². The quantitative estimate of drug-likeness (QED) is 0.519. The Morgan fingerprint density at radius 1 is 1.10 bits per heavy atom. The van der Waals surface area contributed by atoms with Gasteiger partial charge in [-0.15, -0.1) is 0 Å². The summed E-state index contributed by atoms with van der Waals surface area (Å²) in [4.78, 5) is 22.0. The standard InChI is InChI=1S/C22H17ClN4O2/c23-15-9-7-13(8-10-15)19-11-17(16-3-1-2-4-18(16)25-19)22(28)24-12-20-26-21(27-29-20)14-5-6-14/h1-4,7-11,14H,5-6,12H2,(H,24,28). The van der Waals surface area contributed by atoms with Crippen molar-refractivity contribution in [2.24, 2.45) is 0 Å². The summed E-state index contributed by atoms with van der Waals surface area (Å²) in [5.74, 6) is 1.34. The van der Waals surface area contributed by atoms with Gasteiger partial charge >= 0.3 is 0 Å². The van der Waals surface area contributed by atoms with E-state index in [2.05, 4.69) is 15.5 Å². The molecule has 2 heterocycles. The van der Waals surface area contributed by atoms with Gasteiger partial charge in [0.1, 0.15) is 0 Å². The molecule has 7 heteroatoms. The summed E-state index contributed by atoms with van der Waals surface area (Å²) in [5, 5.41) is 8.30. The molecule has 1 fully saturated rings. The first-order valence-electron chi connectivity index (χ1n) is 9.44. The maximum absolute atomic E-state index is 13.0.